The third-order valence-electron chi connectivity index (χ3n) is 4.97. The molecule has 0 aromatic heterocycles. The molecule has 2 bridgehead atoms. The van der Waals surface area contributed by atoms with Gasteiger partial charge in [-0.25, -0.2) is 0 Å². The second kappa shape index (κ2) is 4.87. The molecule has 0 saturated carbocycles. The van der Waals surface area contributed by atoms with E-state index in [4.69, 9.17) is 4.74 Å². The summed E-state index contributed by atoms with van der Waals surface area (Å²) in [4.78, 5) is 2.57. The van der Waals surface area contributed by atoms with Crippen molar-refractivity contribution >= 4 is 0 Å². The lowest BCUT2D eigenvalue weighted by Crippen LogP contribution is -2.53. The van der Waals surface area contributed by atoms with E-state index in [2.05, 4.69) is 24.1 Å². The lowest BCUT2D eigenvalue weighted by molar-refractivity contribution is 0.0888. The molecule has 3 aliphatic heterocycles. The van der Waals surface area contributed by atoms with Gasteiger partial charge in [-0.05, 0) is 44.7 Å². The monoisotopic (exact) mass is 238 g/mol. The quantitative estimate of drug-likeness (QED) is 0.809. The number of fused-ring (bicyclic) bond motifs is 2. The lowest BCUT2D eigenvalue weighted by atomic mass is 9.89. The minimum atomic E-state index is 0.524. The van der Waals surface area contributed by atoms with Gasteiger partial charge in [-0.15, -0.1) is 0 Å². The fraction of sp³-hybridized carbons (Fsp3) is 1.00. The smallest absolute Gasteiger partial charge is 0.0733 e. The van der Waals surface area contributed by atoms with E-state index < -0.39 is 0 Å². The van der Waals surface area contributed by atoms with Crippen LogP contribution in [0.3, 0.4) is 0 Å². The predicted octanol–water partition coefficient (Wildman–Crippen LogP) is 1.63. The van der Waals surface area contributed by atoms with Crippen molar-refractivity contribution in [2.24, 2.45) is 5.92 Å². The Morgan fingerprint density at radius 3 is 2.71 bits per heavy atom. The van der Waals surface area contributed by atoms with Gasteiger partial charge in [0.25, 0.3) is 0 Å². The Morgan fingerprint density at radius 2 is 2.12 bits per heavy atom. The Bertz CT molecular complexity index is 271. The van der Waals surface area contributed by atoms with Crippen molar-refractivity contribution in [1.29, 1.82) is 0 Å². The minimum absolute atomic E-state index is 0.524. The fourth-order valence-electron chi connectivity index (χ4n) is 3.85. The summed E-state index contributed by atoms with van der Waals surface area (Å²) < 4.78 is 5.93. The van der Waals surface area contributed by atoms with Gasteiger partial charge in [0.2, 0.25) is 0 Å². The van der Waals surface area contributed by atoms with Gasteiger partial charge in [-0.2, -0.15) is 0 Å². The fourth-order valence-corrected chi connectivity index (χ4v) is 3.85. The summed E-state index contributed by atoms with van der Waals surface area (Å²) in [6.07, 6.45) is 6.24. The Balaban J connectivity index is 1.52. The standard InChI is InChI=1S/C14H26N2O/c1-3-16-7-6-12(10(2)9-16)15-13-8-11-4-5-14(13)17-11/h10-15H,3-9H2,1-2H3/t10-,11+,12-,13+,14+/m0/s1. The Morgan fingerprint density at radius 1 is 1.24 bits per heavy atom. The maximum atomic E-state index is 5.93. The number of hydrogen-bond acceptors (Lipinski definition) is 3. The van der Waals surface area contributed by atoms with Gasteiger partial charge in [-0.1, -0.05) is 13.8 Å². The van der Waals surface area contributed by atoms with Crippen molar-refractivity contribution in [3.05, 3.63) is 0 Å². The molecular formula is C14H26N2O. The molecule has 0 aromatic carbocycles. The molecule has 3 heterocycles. The summed E-state index contributed by atoms with van der Waals surface area (Å²) in [6, 6.07) is 1.36. The van der Waals surface area contributed by atoms with Crippen LogP contribution in [-0.2, 0) is 4.74 Å². The molecule has 17 heavy (non-hydrogen) atoms. The average molecular weight is 238 g/mol. The van der Waals surface area contributed by atoms with Crippen molar-refractivity contribution < 1.29 is 4.74 Å². The van der Waals surface area contributed by atoms with Gasteiger partial charge in [0.15, 0.2) is 0 Å². The van der Waals surface area contributed by atoms with Crippen LogP contribution in [0.25, 0.3) is 0 Å². The van der Waals surface area contributed by atoms with Crippen LogP contribution in [0.2, 0.25) is 0 Å². The molecule has 0 radical (unpaired) electrons. The van der Waals surface area contributed by atoms with E-state index in [1.165, 1.54) is 45.3 Å². The van der Waals surface area contributed by atoms with E-state index >= 15 is 0 Å². The molecule has 3 rings (SSSR count). The zero-order chi connectivity index (χ0) is 11.8. The molecule has 0 spiro atoms. The second-order valence-electron chi connectivity index (χ2n) is 6.15. The Hall–Kier alpha value is -0.120. The van der Waals surface area contributed by atoms with Crippen LogP contribution in [0.5, 0.6) is 0 Å². The topological polar surface area (TPSA) is 24.5 Å². The number of likely N-dealkylation sites (tertiary alicyclic amines) is 1. The van der Waals surface area contributed by atoms with Gasteiger partial charge in [0, 0.05) is 18.6 Å². The van der Waals surface area contributed by atoms with Crippen LogP contribution < -0.4 is 5.32 Å². The van der Waals surface area contributed by atoms with E-state index in [0.717, 1.165) is 5.92 Å². The number of ether oxygens (including phenoxy) is 1. The Kier molecular flexibility index (Phi) is 3.42. The first-order chi connectivity index (χ1) is 8.26. The summed E-state index contributed by atoms with van der Waals surface area (Å²) in [7, 11) is 0. The minimum Gasteiger partial charge on any atom is -0.373 e. The van der Waals surface area contributed by atoms with Crippen LogP contribution in [-0.4, -0.2) is 48.8 Å². The molecule has 3 saturated heterocycles. The van der Waals surface area contributed by atoms with Gasteiger partial charge in [0.1, 0.15) is 0 Å². The molecule has 3 aliphatic rings. The lowest BCUT2D eigenvalue weighted by Gasteiger charge is -2.39. The van der Waals surface area contributed by atoms with Crippen molar-refractivity contribution in [3.8, 4) is 0 Å². The largest absolute Gasteiger partial charge is 0.373 e. The first-order valence-electron chi connectivity index (χ1n) is 7.40. The average Bonchev–Trinajstić information content (AvgIpc) is 2.93. The third-order valence-corrected chi connectivity index (χ3v) is 4.97. The summed E-state index contributed by atoms with van der Waals surface area (Å²) in [5.41, 5.74) is 0. The summed E-state index contributed by atoms with van der Waals surface area (Å²) in [5.74, 6) is 0.780. The summed E-state index contributed by atoms with van der Waals surface area (Å²) in [5, 5.41) is 3.89. The van der Waals surface area contributed by atoms with Gasteiger partial charge < -0.3 is 15.0 Å². The highest BCUT2D eigenvalue weighted by atomic mass is 16.5. The third kappa shape index (κ3) is 2.38. The van der Waals surface area contributed by atoms with Crippen LogP contribution in [0.4, 0.5) is 0 Å². The van der Waals surface area contributed by atoms with Gasteiger partial charge in [-0.3, -0.25) is 0 Å². The molecule has 3 fully saturated rings. The molecule has 0 aromatic rings. The van der Waals surface area contributed by atoms with Crippen molar-refractivity contribution in [2.75, 3.05) is 19.6 Å². The van der Waals surface area contributed by atoms with E-state index in [1.54, 1.807) is 0 Å². The van der Waals surface area contributed by atoms with E-state index in [1.807, 2.05) is 0 Å². The number of nitrogens with one attached hydrogen (secondary N) is 1. The van der Waals surface area contributed by atoms with E-state index in [-0.39, 0.29) is 0 Å². The number of hydrogen-bond donors (Lipinski definition) is 1. The van der Waals surface area contributed by atoms with Crippen LogP contribution in [0, 0.1) is 5.92 Å². The first kappa shape index (κ1) is 11.9. The highest BCUT2D eigenvalue weighted by molar-refractivity contribution is 4.96. The van der Waals surface area contributed by atoms with Crippen LogP contribution in [0.15, 0.2) is 0 Å². The molecule has 3 heteroatoms. The number of piperidine rings is 1. The van der Waals surface area contributed by atoms with Gasteiger partial charge in [0.05, 0.1) is 12.2 Å². The molecule has 0 aliphatic carbocycles. The first-order valence-corrected chi connectivity index (χ1v) is 7.40. The summed E-state index contributed by atoms with van der Waals surface area (Å²) >= 11 is 0. The molecule has 0 unspecified atom stereocenters. The van der Waals surface area contributed by atoms with Crippen molar-refractivity contribution in [3.63, 3.8) is 0 Å². The maximum Gasteiger partial charge on any atom is 0.0733 e. The molecule has 1 N–H and O–H groups in total. The number of nitrogens with zero attached hydrogens (tertiary/aromatic N) is 1. The van der Waals surface area contributed by atoms with Gasteiger partial charge >= 0.3 is 0 Å². The van der Waals surface area contributed by atoms with E-state index in [0.29, 0.717) is 24.3 Å². The molecule has 0 amide bonds. The molecule has 98 valence electrons. The maximum absolute atomic E-state index is 5.93. The van der Waals surface area contributed by atoms with Crippen molar-refractivity contribution in [1.82, 2.24) is 10.2 Å². The zero-order valence-corrected chi connectivity index (χ0v) is 11.2. The summed E-state index contributed by atoms with van der Waals surface area (Å²) in [6.45, 7) is 8.39. The second-order valence-corrected chi connectivity index (χ2v) is 6.15. The molecular weight excluding hydrogens is 212 g/mol. The normalized spacial score (nSPS) is 46.6. The SMILES string of the molecule is CCN1CC[C@H](N[C@@H]2C[C@H]3CC[C@H]2O3)[C@@H](C)C1. The zero-order valence-electron chi connectivity index (χ0n) is 11.2. The Labute approximate surface area is 105 Å². The van der Waals surface area contributed by atoms with Crippen LogP contribution in [0.1, 0.15) is 39.5 Å². The van der Waals surface area contributed by atoms with E-state index in [9.17, 15) is 0 Å². The number of rotatable bonds is 3. The highest BCUT2D eigenvalue weighted by Gasteiger charge is 2.42. The predicted molar refractivity (Wildman–Crippen MR) is 69.1 cm³/mol. The highest BCUT2D eigenvalue weighted by Crippen LogP contribution is 2.35. The molecule has 3 nitrogen and oxygen atoms in total. The van der Waals surface area contributed by atoms with Crippen molar-refractivity contribution in [2.45, 2.75) is 63.8 Å². The molecule has 5 atom stereocenters. The van der Waals surface area contributed by atoms with Crippen LogP contribution >= 0.6 is 0 Å².